The summed E-state index contributed by atoms with van der Waals surface area (Å²) in [6, 6.07) is 17.0. The van der Waals surface area contributed by atoms with Crippen molar-refractivity contribution in [1.82, 2.24) is 14.9 Å². The Morgan fingerprint density at radius 3 is 2.72 bits per heavy atom. The number of nitrogens with two attached hydrogens (primary N) is 1. The highest BCUT2D eigenvalue weighted by molar-refractivity contribution is 5.79. The number of nitrogens with zero attached hydrogens (tertiary/aromatic N) is 2. The molecule has 4 rings (SSSR count). The largest absolute Gasteiger partial charge is 0.352 e. The highest BCUT2D eigenvalue weighted by Gasteiger charge is 2.25. The van der Waals surface area contributed by atoms with Gasteiger partial charge < -0.3 is 15.6 Å². The van der Waals surface area contributed by atoms with E-state index >= 15 is 0 Å². The molecule has 3 aromatic rings. The minimum absolute atomic E-state index is 0.0494. The fourth-order valence-corrected chi connectivity index (χ4v) is 4.13. The minimum Gasteiger partial charge on any atom is -0.352 e. The van der Waals surface area contributed by atoms with Gasteiger partial charge >= 0.3 is 0 Å². The summed E-state index contributed by atoms with van der Waals surface area (Å²) in [4.78, 5) is 16.7. The molecule has 0 spiro atoms. The summed E-state index contributed by atoms with van der Waals surface area (Å²) < 4.78 is 2.05. The molecular formula is C24H28N4O. The molecule has 1 heterocycles. The molecule has 150 valence electrons. The Hall–Kier alpha value is -2.92. The first-order chi connectivity index (χ1) is 14.2. The van der Waals surface area contributed by atoms with Gasteiger partial charge in [-0.1, -0.05) is 55.0 Å². The molecule has 1 amide bonds. The quantitative estimate of drug-likeness (QED) is 0.676. The van der Waals surface area contributed by atoms with E-state index in [4.69, 9.17) is 5.73 Å². The smallest absolute Gasteiger partial charge is 0.223 e. The van der Waals surface area contributed by atoms with E-state index in [0.29, 0.717) is 6.54 Å². The van der Waals surface area contributed by atoms with Gasteiger partial charge in [0.2, 0.25) is 5.91 Å². The predicted molar refractivity (Wildman–Crippen MR) is 115 cm³/mol. The summed E-state index contributed by atoms with van der Waals surface area (Å²) >= 11 is 0. The molecule has 1 aromatic heterocycles. The van der Waals surface area contributed by atoms with Crippen LogP contribution < -0.4 is 11.1 Å². The number of aromatic nitrogens is 2. The Kier molecular flexibility index (Phi) is 6.06. The van der Waals surface area contributed by atoms with Gasteiger partial charge in [0.25, 0.3) is 0 Å². The molecule has 29 heavy (non-hydrogen) atoms. The zero-order valence-corrected chi connectivity index (χ0v) is 16.6. The molecule has 0 bridgehead atoms. The summed E-state index contributed by atoms with van der Waals surface area (Å²) in [6.07, 6.45) is 9.40. The Balaban J connectivity index is 1.43. The maximum atomic E-state index is 12.6. The Bertz CT molecular complexity index is 934. The first kappa shape index (κ1) is 19.4. The van der Waals surface area contributed by atoms with Gasteiger partial charge in [0.1, 0.15) is 0 Å². The van der Waals surface area contributed by atoms with Crippen LogP contribution in [0.25, 0.3) is 11.1 Å². The lowest BCUT2D eigenvalue weighted by molar-refractivity contribution is -0.126. The predicted octanol–water partition coefficient (Wildman–Crippen LogP) is 3.73. The Morgan fingerprint density at radius 2 is 1.97 bits per heavy atom. The molecule has 2 unspecified atom stereocenters. The van der Waals surface area contributed by atoms with Crippen molar-refractivity contribution >= 4 is 5.91 Å². The number of hydrogen-bond donors (Lipinski definition) is 2. The van der Waals surface area contributed by atoms with E-state index in [2.05, 4.69) is 51.3 Å². The molecule has 1 aliphatic carbocycles. The second-order valence-corrected chi connectivity index (χ2v) is 7.93. The van der Waals surface area contributed by atoms with Crippen LogP contribution >= 0.6 is 0 Å². The number of carbonyl (C=O) groups excluding carboxylic acids is 1. The molecule has 2 aromatic carbocycles. The Morgan fingerprint density at radius 1 is 1.14 bits per heavy atom. The van der Waals surface area contributed by atoms with Gasteiger partial charge in [-0.25, -0.2) is 4.98 Å². The lowest BCUT2D eigenvalue weighted by Gasteiger charge is -2.25. The zero-order valence-electron chi connectivity index (χ0n) is 16.6. The highest BCUT2D eigenvalue weighted by atomic mass is 16.1. The molecule has 3 N–H and O–H groups in total. The SMILES string of the molecule is NC1CCCC(C(=O)NCc2ccccc2-c2ccc(Cn3ccnc3)cc2)C1. The second-order valence-electron chi connectivity index (χ2n) is 7.93. The summed E-state index contributed by atoms with van der Waals surface area (Å²) in [6.45, 7) is 1.35. The van der Waals surface area contributed by atoms with Crippen molar-refractivity contribution in [3.05, 3.63) is 78.4 Å². The minimum atomic E-state index is 0.0494. The van der Waals surface area contributed by atoms with Gasteiger partial charge in [-0.3, -0.25) is 4.79 Å². The van der Waals surface area contributed by atoms with Crippen molar-refractivity contribution < 1.29 is 4.79 Å². The first-order valence-electron chi connectivity index (χ1n) is 10.4. The monoisotopic (exact) mass is 388 g/mol. The van der Waals surface area contributed by atoms with E-state index in [1.165, 1.54) is 5.56 Å². The maximum absolute atomic E-state index is 12.6. The van der Waals surface area contributed by atoms with E-state index in [-0.39, 0.29) is 17.9 Å². The molecular weight excluding hydrogens is 360 g/mol. The highest BCUT2D eigenvalue weighted by Crippen LogP contribution is 2.26. The van der Waals surface area contributed by atoms with Crippen LogP contribution in [0.5, 0.6) is 0 Å². The molecule has 0 radical (unpaired) electrons. The van der Waals surface area contributed by atoms with E-state index in [9.17, 15) is 4.79 Å². The number of hydrogen-bond acceptors (Lipinski definition) is 3. The molecule has 1 aliphatic rings. The molecule has 2 atom stereocenters. The van der Waals surface area contributed by atoms with Crippen LogP contribution in [0.3, 0.4) is 0 Å². The van der Waals surface area contributed by atoms with Crippen LogP contribution in [0.1, 0.15) is 36.8 Å². The molecule has 1 fully saturated rings. The van der Waals surface area contributed by atoms with Crippen molar-refractivity contribution in [2.45, 2.75) is 44.8 Å². The Labute approximate surface area is 172 Å². The summed E-state index contributed by atoms with van der Waals surface area (Å²) in [5, 5.41) is 3.14. The van der Waals surface area contributed by atoms with Crippen LogP contribution in [-0.4, -0.2) is 21.5 Å². The molecule has 0 saturated heterocycles. The van der Waals surface area contributed by atoms with Crippen LogP contribution in [-0.2, 0) is 17.9 Å². The van der Waals surface area contributed by atoms with Gasteiger partial charge in [-0.2, -0.15) is 0 Å². The molecule has 5 heteroatoms. The van der Waals surface area contributed by atoms with E-state index in [0.717, 1.165) is 48.9 Å². The summed E-state index contributed by atoms with van der Waals surface area (Å²) in [5.74, 6) is 0.180. The van der Waals surface area contributed by atoms with Gasteiger partial charge in [0, 0.05) is 37.4 Å². The molecule has 1 saturated carbocycles. The van der Waals surface area contributed by atoms with Crippen molar-refractivity contribution in [3.8, 4) is 11.1 Å². The number of nitrogens with one attached hydrogen (secondary N) is 1. The fraction of sp³-hybridized carbons (Fsp3) is 0.333. The third kappa shape index (κ3) is 4.93. The van der Waals surface area contributed by atoms with Crippen molar-refractivity contribution in [3.63, 3.8) is 0 Å². The average molecular weight is 389 g/mol. The second kappa shape index (κ2) is 9.05. The van der Waals surface area contributed by atoms with E-state index in [1.54, 1.807) is 6.20 Å². The van der Waals surface area contributed by atoms with Crippen LogP contribution in [0.2, 0.25) is 0 Å². The van der Waals surface area contributed by atoms with Gasteiger partial charge in [-0.05, 0) is 41.5 Å². The third-order valence-electron chi connectivity index (χ3n) is 5.75. The van der Waals surface area contributed by atoms with Gasteiger partial charge in [0.05, 0.1) is 6.33 Å². The number of amides is 1. The normalized spacial score (nSPS) is 19.1. The van der Waals surface area contributed by atoms with E-state index in [1.807, 2.05) is 24.7 Å². The van der Waals surface area contributed by atoms with Crippen LogP contribution in [0.4, 0.5) is 0 Å². The van der Waals surface area contributed by atoms with Crippen molar-refractivity contribution in [2.75, 3.05) is 0 Å². The maximum Gasteiger partial charge on any atom is 0.223 e. The lowest BCUT2D eigenvalue weighted by atomic mass is 9.85. The molecule has 0 aliphatic heterocycles. The summed E-state index contributed by atoms with van der Waals surface area (Å²) in [7, 11) is 0. The van der Waals surface area contributed by atoms with Gasteiger partial charge in [-0.15, -0.1) is 0 Å². The zero-order chi connectivity index (χ0) is 20.1. The number of benzene rings is 2. The third-order valence-corrected chi connectivity index (χ3v) is 5.75. The van der Waals surface area contributed by atoms with Crippen LogP contribution in [0, 0.1) is 5.92 Å². The van der Waals surface area contributed by atoms with E-state index < -0.39 is 0 Å². The topological polar surface area (TPSA) is 72.9 Å². The summed E-state index contributed by atoms with van der Waals surface area (Å²) in [5.41, 5.74) is 10.7. The standard InChI is InChI=1S/C24H28N4O/c25-22-6-3-5-20(14-22)24(29)27-15-21-4-1-2-7-23(21)19-10-8-18(9-11-19)16-28-13-12-26-17-28/h1-2,4,7-13,17,20,22H,3,5-6,14-16,25H2,(H,27,29). The van der Waals surface area contributed by atoms with Crippen LogP contribution in [0.15, 0.2) is 67.3 Å². The average Bonchev–Trinajstić information content (AvgIpc) is 3.26. The fourth-order valence-electron chi connectivity index (χ4n) is 4.13. The van der Waals surface area contributed by atoms with Gasteiger partial charge in [0.15, 0.2) is 0 Å². The van der Waals surface area contributed by atoms with Crippen molar-refractivity contribution in [1.29, 1.82) is 0 Å². The van der Waals surface area contributed by atoms with Crippen molar-refractivity contribution in [2.24, 2.45) is 11.7 Å². The number of carbonyl (C=O) groups is 1. The first-order valence-corrected chi connectivity index (χ1v) is 10.4. The lowest BCUT2D eigenvalue weighted by Crippen LogP contribution is -2.37. The molecule has 5 nitrogen and oxygen atoms in total. The number of rotatable bonds is 6. The number of imidazole rings is 1.